The van der Waals surface area contributed by atoms with E-state index in [1.807, 2.05) is 0 Å². The number of rotatable bonds is 0. The summed E-state index contributed by atoms with van der Waals surface area (Å²) < 4.78 is 0. The summed E-state index contributed by atoms with van der Waals surface area (Å²) in [5.41, 5.74) is 3.69. The Labute approximate surface area is 135 Å². The zero-order chi connectivity index (χ0) is 16.1. The predicted molar refractivity (Wildman–Crippen MR) is 90.4 cm³/mol. The molecule has 1 unspecified atom stereocenters. The number of aliphatic hydroxyl groups excluding tert-OH is 2. The van der Waals surface area contributed by atoms with Crippen molar-refractivity contribution in [3.05, 3.63) is 23.3 Å². The van der Waals surface area contributed by atoms with Crippen molar-refractivity contribution >= 4 is 0 Å². The van der Waals surface area contributed by atoms with Crippen LogP contribution >= 0.6 is 0 Å². The highest BCUT2D eigenvalue weighted by atomic mass is 16.3. The van der Waals surface area contributed by atoms with Crippen molar-refractivity contribution in [3.8, 4) is 0 Å². The van der Waals surface area contributed by atoms with E-state index in [9.17, 15) is 10.2 Å². The Hall–Kier alpha value is -0.600. The third kappa shape index (κ3) is 2.39. The normalized spacial score (nSPS) is 46.6. The monoisotopic (exact) mass is 304 g/mol. The third-order valence-corrected chi connectivity index (χ3v) is 7.04. The van der Waals surface area contributed by atoms with Crippen LogP contribution in [0.2, 0.25) is 0 Å². The van der Waals surface area contributed by atoms with Gasteiger partial charge in [0.05, 0.1) is 6.10 Å². The number of hydrogen-bond donors (Lipinski definition) is 2. The molecule has 3 aliphatic carbocycles. The molecule has 0 heterocycles. The molecule has 0 aliphatic heterocycles. The molecular weight excluding hydrogens is 272 g/mol. The Bertz CT molecular complexity index is 492. The van der Waals surface area contributed by atoms with Crippen LogP contribution in [0.1, 0.15) is 65.7 Å². The van der Waals surface area contributed by atoms with E-state index in [0.29, 0.717) is 17.8 Å². The van der Waals surface area contributed by atoms with Crippen LogP contribution in [0.3, 0.4) is 0 Å². The molecule has 0 amide bonds. The van der Waals surface area contributed by atoms with Gasteiger partial charge >= 0.3 is 0 Å². The molecule has 6 atom stereocenters. The van der Waals surface area contributed by atoms with Crippen molar-refractivity contribution < 1.29 is 10.2 Å². The SMILES string of the molecule is C=C1CCCC(C)CCC2=C(C)[C@H]3[C@H]1CC[C@]3(C)[C@@H](O)[C@H]2O. The first-order chi connectivity index (χ1) is 10.4. The van der Waals surface area contributed by atoms with Gasteiger partial charge in [0.25, 0.3) is 0 Å². The van der Waals surface area contributed by atoms with Gasteiger partial charge in [0, 0.05) is 5.41 Å². The predicted octanol–water partition coefficient (Wildman–Crippen LogP) is 4.23. The van der Waals surface area contributed by atoms with Gasteiger partial charge in [0.1, 0.15) is 6.10 Å². The first-order valence-corrected chi connectivity index (χ1v) is 9.09. The molecule has 0 spiro atoms. The lowest BCUT2D eigenvalue weighted by Crippen LogP contribution is -2.50. The highest BCUT2D eigenvalue weighted by Gasteiger charge is 2.56. The number of allylic oxidation sites excluding steroid dienone is 2. The zero-order valence-electron chi connectivity index (χ0n) is 14.4. The maximum atomic E-state index is 10.8. The summed E-state index contributed by atoms with van der Waals surface area (Å²) >= 11 is 0. The summed E-state index contributed by atoms with van der Waals surface area (Å²) in [6, 6.07) is 0. The summed E-state index contributed by atoms with van der Waals surface area (Å²) in [5.74, 6) is 1.56. The molecule has 3 aliphatic rings. The van der Waals surface area contributed by atoms with Crippen LogP contribution in [0.5, 0.6) is 0 Å². The summed E-state index contributed by atoms with van der Waals surface area (Å²) in [4.78, 5) is 0. The summed E-state index contributed by atoms with van der Waals surface area (Å²) in [5, 5.41) is 21.6. The molecule has 124 valence electrons. The van der Waals surface area contributed by atoms with Crippen LogP contribution in [0.15, 0.2) is 23.3 Å². The maximum absolute atomic E-state index is 10.8. The van der Waals surface area contributed by atoms with Crippen molar-refractivity contribution in [1.29, 1.82) is 0 Å². The Balaban J connectivity index is 2.05. The van der Waals surface area contributed by atoms with Crippen molar-refractivity contribution in [2.45, 2.75) is 77.9 Å². The lowest BCUT2D eigenvalue weighted by Gasteiger charge is -2.47. The minimum Gasteiger partial charge on any atom is -0.389 e. The summed E-state index contributed by atoms with van der Waals surface area (Å²) in [6.45, 7) is 11.1. The molecule has 0 saturated heterocycles. The molecule has 2 nitrogen and oxygen atoms in total. The minimum absolute atomic E-state index is 0.180. The highest BCUT2D eigenvalue weighted by molar-refractivity contribution is 5.33. The molecular formula is C20H32O2. The molecule has 1 fully saturated rings. The standard InChI is InChI=1S/C20H32O2/c1-12-6-5-7-13(2)15-10-11-20(4)17(15)14(3)16(9-8-12)18(21)19(20)22/h12,15,17-19,21-22H,2,5-11H2,1,3-4H3/t12?,15-,17-,18-,19-,20-/m0/s1. The zero-order valence-corrected chi connectivity index (χ0v) is 14.4. The first-order valence-electron chi connectivity index (χ1n) is 9.09. The van der Waals surface area contributed by atoms with E-state index in [1.54, 1.807) is 0 Å². The van der Waals surface area contributed by atoms with Gasteiger partial charge in [-0.25, -0.2) is 0 Å². The number of hydrogen-bond acceptors (Lipinski definition) is 2. The van der Waals surface area contributed by atoms with E-state index in [4.69, 9.17) is 0 Å². The molecule has 0 aromatic rings. The fourth-order valence-corrected chi connectivity index (χ4v) is 5.55. The van der Waals surface area contributed by atoms with Gasteiger partial charge in [-0.3, -0.25) is 0 Å². The summed E-state index contributed by atoms with van der Waals surface area (Å²) in [7, 11) is 0. The van der Waals surface area contributed by atoms with E-state index in [1.165, 1.54) is 24.0 Å². The van der Waals surface area contributed by atoms with Gasteiger partial charge in [0.2, 0.25) is 0 Å². The van der Waals surface area contributed by atoms with Gasteiger partial charge in [-0.15, -0.1) is 0 Å². The van der Waals surface area contributed by atoms with E-state index in [-0.39, 0.29) is 5.41 Å². The Morgan fingerprint density at radius 3 is 2.59 bits per heavy atom. The van der Waals surface area contributed by atoms with Crippen LogP contribution in [0, 0.1) is 23.2 Å². The molecule has 2 N–H and O–H groups in total. The van der Waals surface area contributed by atoms with E-state index in [2.05, 4.69) is 27.4 Å². The van der Waals surface area contributed by atoms with Crippen molar-refractivity contribution in [3.63, 3.8) is 0 Å². The molecule has 22 heavy (non-hydrogen) atoms. The molecule has 0 aromatic carbocycles. The van der Waals surface area contributed by atoms with Crippen LogP contribution in [-0.4, -0.2) is 22.4 Å². The largest absolute Gasteiger partial charge is 0.389 e. The molecule has 0 aromatic heterocycles. The van der Waals surface area contributed by atoms with Gasteiger partial charge in [-0.1, -0.05) is 38.0 Å². The fourth-order valence-electron chi connectivity index (χ4n) is 5.55. The van der Waals surface area contributed by atoms with Crippen molar-refractivity contribution in [2.24, 2.45) is 23.2 Å². The Morgan fingerprint density at radius 2 is 1.86 bits per heavy atom. The van der Waals surface area contributed by atoms with E-state index < -0.39 is 12.2 Å². The Morgan fingerprint density at radius 1 is 1.14 bits per heavy atom. The van der Waals surface area contributed by atoms with Crippen LogP contribution in [0.25, 0.3) is 0 Å². The van der Waals surface area contributed by atoms with Gasteiger partial charge in [-0.2, -0.15) is 0 Å². The maximum Gasteiger partial charge on any atom is 0.102 e. The molecule has 2 bridgehead atoms. The lowest BCUT2D eigenvalue weighted by molar-refractivity contribution is -0.0700. The van der Waals surface area contributed by atoms with Crippen LogP contribution < -0.4 is 0 Å². The minimum atomic E-state index is -0.666. The first kappa shape index (κ1) is 16.3. The second kappa shape index (κ2) is 5.79. The highest BCUT2D eigenvalue weighted by Crippen LogP contribution is 2.59. The average Bonchev–Trinajstić information content (AvgIpc) is 2.83. The smallest absolute Gasteiger partial charge is 0.102 e. The van der Waals surface area contributed by atoms with Gasteiger partial charge in [0.15, 0.2) is 0 Å². The third-order valence-electron chi connectivity index (χ3n) is 7.04. The van der Waals surface area contributed by atoms with Crippen LogP contribution in [0.4, 0.5) is 0 Å². The summed E-state index contributed by atoms with van der Waals surface area (Å²) in [6.07, 6.45) is 6.51. The second-order valence-electron chi connectivity index (χ2n) is 8.42. The average molecular weight is 304 g/mol. The topological polar surface area (TPSA) is 40.5 Å². The fraction of sp³-hybridized carbons (Fsp3) is 0.800. The Kier molecular flexibility index (Phi) is 4.28. The molecule has 3 rings (SSSR count). The quantitative estimate of drug-likeness (QED) is 0.658. The molecule has 2 heteroatoms. The molecule has 1 saturated carbocycles. The van der Waals surface area contributed by atoms with E-state index in [0.717, 1.165) is 37.7 Å². The second-order valence-corrected chi connectivity index (χ2v) is 8.42. The van der Waals surface area contributed by atoms with E-state index >= 15 is 0 Å². The van der Waals surface area contributed by atoms with Gasteiger partial charge in [-0.05, 0) is 68.8 Å². The lowest BCUT2D eigenvalue weighted by atomic mass is 9.61. The molecule has 0 radical (unpaired) electrons. The van der Waals surface area contributed by atoms with Gasteiger partial charge < -0.3 is 10.2 Å². The van der Waals surface area contributed by atoms with Crippen LogP contribution in [-0.2, 0) is 0 Å². The van der Waals surface area contributed by atoms with Crippen molar-refractivity contribution in [1.82, 2.24) is 0 Å². The number of aliphatic hydroxyl groups is 2. The van der Waals surface area contributed by atoms with Crippen molar-refractivity contribution in [2.75, 3.05) is 0 Å².